The van der Waals surface area contributed by atoms with Crippen LogP contribution in [0.25, 0.3) is 0 Å². The number of ether oxygens (including phenoxy) is 4. The second-order valence-electron chi connectivity index (χ2n) is 6.52. The third kappa shape index (κ3) is 3.93. The zero-order chi connectivity index (χ0) is 19.9. The lowest BCUT2D eigenvalue weighted by Crippen LogP contribution is -2.41. The normalized spacial score (nSPS) is 29.9. The lowest BCUT2D eigenvalue weighted by atomic mass is 10.1. The van der Waals surface area contributed by atoms with Crippen LogP contribution in [0.1, 0.15) is 26.5 Å². The fourth-order valence-corrected chi connectivity index (χ4v) is 3.06. The van der Waals surface area contributed by atoms with Crippen LogP contribution in [-0.2, 0) is 28.5 Å². The number of carboxylic acid groups (broad SMARTS) is 1. The first-order valence-corrected chi connectivity index (χ1v) is 7.99. The summed E-state index contributed by atoms with van der Waals surface area (Å²) in [4.78, 5) is 47.5. The maximum atomic E-state index is 12.1. The van der Waals surface area contributed by atoms with Crippen molar-refractivity contribution in [3.8, 4) is 0 Å². The maximum Gasteiger partial charge on any atom is 0.330 e. The molecule has 1 aromatic rings. The van der Waals surface area contributed by atoms with E-state index in [1.165, 1.54) is 6.20 Å². The van der Waals surface area contributed by atoms with E-state index < -0.39 is 66.2 Å². The van der Waals surface area contributed by atoms with Crippen molar-refractivity contribution in [3.05, 3.63) is 33.1 Å². The van der Waals surface area contributed by atoms with Crippen molar-refractivity contribution in [2.45, 2.75) is 56.9 Å². The van der Waals surface area contributed by atoms with E-state index in [-0.39, 0.29) is 0 Å². The highest BCUT2D eigenvalue weighted by Crippen LogP contribution is 2.43. The van der Waals surface area contributed by atoms with Crippen LogP contribution in [0.2, 0.25) is 0 Å². The standard InChI is InChI=1S/C15H18N2O10/c1-15(2)26-9-10(27-15)12(17-4-3-6(18)16-14(17)23)25-11(9)13(22)24-8(21)5-7(19)20/h3-4,9-13,22H,5H2,1-2H3,(H,19,20)(H,16,18,23)/t9-,10+,11-,12+,13?/m0/s1. The fraction of sp³-hybridized carbons (Fsp3) is 0.600. The second kappa shape index (κ2) is 6.88. The van der Waals surface area contributed by atoms with E-state index in [1.807, 2.05) is 0 Å². The van der Waals surface area contributed by atoms with Crippen molar-refractivity contribution in [3.63, 3.8) is 0 Å². The molecule has 0 amide bonds. The SMILES string of the molecule is CC1(C)O[C@@H]2[C@H](O1)[C@@H](C(O)OC(=O)CC(=O)O)O[C@H]2n1ccc(=O)[nH]c1=O. The molecule has 3 heterocycles. The molecule has 2 saturated heterocycles. The third-order valence-electron chi connectivity index (χ3n) is 4.02. The predicted molar refractivity (Wildman–Crippen MR) is 83.4 cm³/mol. The molecule has 148 valence electrons. The minimum atomic E-state index is -1.86. The monoisotopic (exact) mass is 386 g/mol. The molecular formula is C15H18N2O10. The van der Waals surface area contributed by atoms with Crippen molar-refractivity contribution >= 4 is 11.9 Å². The highest BCUT2D eigenvalue weighted by molar-refractivity contribution is 5.90. The Labute approximate surface area is 151 Å². The van der Waals surface area contributed by atoms with E-state index >= 15 is 0 Å². The molecule has 3 rings (SSSR count). The molecule has 0 bridgehead atoms. The number of aromatic amines is 1. The molecule has 2 fully saturated rings. The number of fused-ring (bicyclic) bond motifs is 1. The van der Waals surface area contributed by atoms with Crippen LogP contribution in [-0.4, -0.2) is 62.1 Å². The van der Waals surface area contributed by atoms with Crippen LogP contribution in [0.5, 0.6) is 0 Å². The van der Waals surface area contributed by atoms with Gasteiger partial charge in [0.2, 0.25) is 6.29 Å². The van der Waals surface area contributed by atoms with Crippen LogP contribution < -0.4 is 11.2 Å². The lowest BCUT2D eigenvalue weighted by Gasteiger charge is -2.26. The Bertz CT molecular complexity index is 859. The minimum Gasteiger partial charge on any atom is -0.481 e. The van der Waals surface area contributed by atoms with E-state index in [1.54, 1.807) is 13.8 Å². The van der Waals surface area contributed by atoms with Gasteiger partial charge in [0.05, 0.1) is 0 Å². The van der Waals surface area contributed by atoms with Crippen LogP contribution in [0.3, 0.4) is 0 Å². The number of esters is 1. The third-order valence-corrected chi connectivity index (χ3v) is 4.02. The number of aliphatic carboxylic acids is 1. The Morgan fingerprint density at radius 3 is 2.63 bits per heavy atom. The van der Waals surface area contributed by atoms with Crippen LogP contribution >= 0.6 is 0 Å². The van der Waals surface area contributed by atoms with E-state index in [2.05, 4.69) is 9.72 Å². The van der Waals surface area contributed by atoms with E-state index in [9.17, 15) is 24.3 Å². The number of nitrogens with one attached hydrogen (secondary N) is 1. The summed E-state index contributed by atoms with van der Waals surface area (Å²) in [5, 5.41) is 18.8. The highest BCUT2D eigenvalue weighted by Gasteiger charge is 2.58. The molecular weight excluding hydrogens is 368 g/mol. The number of nitrogens with zero attached hydrogens (tertiary/aromatic N) is 1. The maximum absolute atomic E-state index is 12.1. The summed E-state index contributed by atoms with van der Waals surface area (Å²) < 4.78 is 22.8. The Morgan fingerprint density at radius 2 is 2.00 bits per heavy atom. The van der Waals surface area contributed by atoms with Crippen molar-refractivity contribution < 1.29 is 38.7 Å². The van der Waals surface area contributed by atoms with Gasteiger partial charge < -0.3 is 29.2 Å². The number of hydrogen-bond acceptors (Lipinski definition) is 9. The molecule has 0 aliphatic carbocycles. The van der Waals surface area contributed by atoms with Gasteiger partial charge >= 0.3 is 17.6 Å². The van der Waals surface area contributed by atoms with Gasteiger partial charge in [0.1, 0.15) is 18.6 Å². The van der Waals surface area contributed by atoms with Gasteiger partial charge in [-0.25, -0.2) is 4.79 Å². The van der Waals surface area contributed by atoms with Gasteiger partial charge in [-0.2, -0.15) is 0 Å². The molecule has 0 aromatic carbocycles. The number of H-pyrrole nitrogens is 1. The van der Waals surface area contributed by atoms with Crippen LogP contribution in [0, 0.1) is 0 Å². The van der Waals surface area contributed by atoms with Gasteiger partial charge in [-0.15, -0.1) is 0 Å². The number of hydrogen-bond donors (Lipinski definition) is 3. The van der Waals surface area contributed by atoms with E-state index in [0.717, 1.165) is 10.6 Å². The van der Waals surface area contributed by atoms with Gasteiger partial charge in [-0.05, 0) is 13.8 Å². The van der Waals surface area contributed by atoms with Crippen molar-refractivity contribution in [2.24, 2.45) is 0 Å². The molecule has 0 radical (unpaired) electrons. The Morgan fingerprint density at radius 1 is 1.33 bits per heavy atom. The molecule has 2 aliphatic rings. The quantitative estimate of drug-likeness (QED) is 0.301. The number of carbonyl (C=O) groups excluding carboxylic acids is 1. The lowest BCUT2D eigenvalue weighted by molar-refractivity contribution is -0.238. The summed E-state index contributed by atoms with van der Waals surface area (Å²) in [5.41, 5.74) is -1.37. The first kappa shape index (κ1) is 19.2. The van der Waals surface area contributed by atoms with E-state index in [0.29, 0.717) is 0 Å². The average Bonchev–Trinajstić information content (AvgIpc) is 2.99. The Balaban J connectivity index is 1.86. The molecule has 1 unspecified atom stereocenters. The van der Waals surface area contributed by atoms with Gasteiger partial charge in [0.25, 0.3) is 5.56 Å². The molecule has 27 heavy (non-hydrogen) atoms. The summed E-state index contributed by atoms with van der Waals surface area (Å²) in [6.45, 7) is 3.22. The predicted octanol–water partition coefficient (Wildman–Crippen LogP) is -1.71. The van der Waals surface area contributed by atoms with Gasteiger partial charge in [-0.3, -0.25) is 23.9 Å². The zero-order valence-electron chi connectivity index (χ0n) is 14.4. The molecule has 12 nitrogen and oxygen atoms in total. The summed E-state index contributed by atoms with van der Waals surface area (Å²) >= 11 is 0. The minimum absolute atomic E-state index is 0.603. The van der Waals surface area contributed by atoms with E-state index in [4.69, 9.17) is 19.3 Å². The largest absolute Gasteiger partial charge is 0.481 e. The topological polar surface area (TPSA) is 166 Å². The first-order valence-electron chi connectivity index (χ1n) is 7.99. The molecule has 12 heteroatoms. The number of rotatable bonds is 5. The molecule has 0 spiro atoms. The molecule has 2 aliphatic heterocycles. The van der Waals surface area contributed by atoms with Crippen molar-refractivity contribution in [1.29, 1.82) is 0 Å². The zero-order valence-corrected chi connectivity index (χ0v) is 14.4. The summed E-state index contributed by atoms with van der Waals surface area (Å²) in [7, 11) is 0. The molecule has 3 N–H and O–H groups in total. The fourth-order valence-electron chi connectivity index (χ4n) is 3.06. The molecule has 5 atom stereocenters. The number of aromatic nitrogens is 2. The average molecular weight is 386 g/mol. The van der Waals surface area contributed by atoms with Crippen LogP contribution in [0.4, 0.5) is 0 Å². The van der Waals surface area contributed by atoms with Crippen molar-refractivity contribution in [2.75, 3.05) is 0 Å². The summed E-state index contributed by atoms with van der Waals surface area (Å²) in [5.74, 6) is -3.67. The van der Waals surface area contributed by atoms with Gasteiger partial charge in [-0.1, -0.05) is 0 Å². The van der Waals surface area contributed by atoms with Crippen LogP contribution in [0.15, 0.2) is 21.9 Å². The Kier molecular flexibility index (Phi) is 4.90. The molecule has 0 saturated carbocycles. The van der Waals surface area contributed by atoms with Gasteiger partial charge in [0.15, 0.2) is 18.1 Å². The summed E-state index contributed by atoms with van der Waals surface area (Å²) in [6, 6.07) is 1.11. The number of aliphatic hydroxyl groups is 1. The second-order valence-corrected chi connectivity index (χ2v) is 6.52. The van der Waals surface area contributed by atoms with Gasteiger partial charge in [0, 0.05) is 12.3 Å². The van der Waals surface area contributed by atoms with Crippen molar-refractivity contribution in [1.82, 2.24) is 9.55 Å². The highest BCUT2D eigenvalue weighted by atomic mass is 16.8. The number of aliphatic hydroxyl groups excluding tert-OH is 1. The Hall–Kier alpha value is -2.54. The smallest absolute Gasteiger partial charge is 0.330 e. The summed E-state index contributed by atoms with van der Waals surface area (Å²) in [6.07, 6.45) is -5.72. The molecule has 1 aromatic heterocycles. The number of carbonyl (C=O) groups is 2. The first-order chi connectivity index (χ1) is 12.6. The number of carboxylic acids is 1.